The Morgan fingerprint density at radius 2 is 2.33 bits per heavy atom. The lowest BCUT2D eigenvalue weighted by atomic mass is 10.5. The molecule has 5 nitrogen and oxygen atoms in total. The first-order chi connectivity index (χ1) is 5.24. The molecular formula is C6H9ClN4O. The maximum Gasteiger partial charge on any atom is 0.216 e. The summed E-state index contributed by atoms with van der Waals surface area (Å²) < 4.78 is 4.80. The molecule has 0 spiro atoms. The minimum Gasteiger partial charge on any atom is -0.481 e. The molecule has 12 heavy (non-hydrogen) atoms. The van der Waals surface area contributed by atoms with E-state index in [1.54, 1.807) is 6.07 Å². The number of rotatable bonds is 2. The molecular weight excluding hydrogens is 180 g/mol. The summed E-state index contributed by atoms with van der Waals surface area (Å²) in [6.07, 6.45) is 1.49. The summed E-state index contributed by atoms with van der Waals surface area (Å²) in [5.41, 5.74) is 5.14. The van der Waals surface area contributed by atoms with E-state index < -0.39 is 0 Å². The van der Waals surface area contributed by atoms with Crippen LogP contribution in [0.3, 0.4) is 0 Å². The van der Waals surface area contributed by atoms with Crippen LogP contribution in [0, 0.1) is 5.41 Å². The normalized spacial score (nSPS) is 8.42. The van der Waals surface area contributed by atoms with Gasteiger partial charge in [-0.3, -0.25) is 5.41 Å². The van der Waals surface area contributed by atoms with Crippen molar-refractivity contribution in [2.75, 3.05) is 7.11 Å². The lowest BCUT2D eigenvalue weighted by Crippen LogP contribution is -2.15. The number of amidine groups is 1. The van der Waals surface area contributed by atoms with E-state index in [0.717, 1.165) is 0 Å². The molecule has 0 saturated heterocycles. The molecule has 0 aliphatic carbocycles. The van der Waals surface area contributed by atoms with Gasteiger partial charge in [0.15, 0.2) is 11.7 Å². The molecule has 3 N–H and O–H groups in total. The van der Waals surface area contributed by atoms with E-state index in [1.807, 2.05) is 0 Å². The fourth-order valence-electron chi connectivity index (χ4n) is 0.586. The quantitative estimate of drug-likeness (QED) is 0.513. The molecule has 66 valence electrons. The summed E-state index contributed by atoms with van der Waals surface area (Å²) in [7, 11) is 1.49. The van der Waals surface area contributed by atoms with Crippen molar-refractivity contribution in [3.63, 3.8) is 0 Å². The number of nitrogens with one attached hydrogen (secondary N) is 1. The molecule has 0 saturated carbocycles. The van der Waals surface area contributed by atoms with E-state index in [2.05, 4.69) is 9.97 Å². The number of ether oxygens (including phenoxy) is 1. The van der Waals surface area contributed by atoms with Crippen LogP contribution in [0.2, 0.25) is 0 Å². The van der Waals surface area contributed by atoms with Crippen LogP contribution in [-0.4, -0.2) is 22.9 Å². The van der Waals surface area contributed by atoms with Crippen molar-refractivity contribution in [2.24, 2.45) is 5.73 Å². The first kappa shape index (κ1) is 10.6. The predicted molar refractivity (Wildman–Crippen MR) is 46.8 cm³/mol. The van der Waals surface area contributed by atoms with E-state index in [0.29, 0.717) is 5.88 Å². The molecule has 0 unspecified atom stereocenters. The van der Waals surface area contributed by atoms with Gasteiger partial charge in [0.05, 0.1) is 7.11 Å². The minimum atomic E-state index is -0.163. The summed E-state index contributed by atoms with van der Waals surface area (Å²) in [5.74, 6) is 0.429. The second-order valence-electron chi connectivity index (χ2n) is 1.84. The largest absolute Gasteiger partial charge is 0.481 e. The maximum atomic E-state index is 7.00. The summed E-state index contributed by atoms with van der Waals surface area (Å²) >= 11 is 0. The molecule has 1 aromatic heterocycles. The molecule has 0 aliphatic heterocycles. The highest BCUT2D eigenvalue weighted by molar-refractivity contribution is 5.91. The Labute approximate surface area is 75.9 Å². The SMILES string of the molecule is COc1ccnc(C(=N)N)n1.Cl. The van der Waals surface area contributed by atoms with E-state index in [-0.39, 0.29) is 24.1 Å². The maximum absolute atomic E-state index is 7.00. The van der Waals surface area contributed by atoms with Gasteiger partial charge in [-0.2, -0.15) is 4.98 Å². The topological polar surface area (TPSA) is 84.9 Å². The molecule has 0 aromatic carbocycles. The van der Waals surface area contributed by atoms with Gasteiger partial charge in [0.1, 0.15) is 0 Å². The van der Waals surface area contributed by atoms with Crippen LogP contribution in [0.1, 0.15) is 5.82 Å². The van der Waals surface area contributed by atoms with Gasteiger partial charge >= 0.3 is 0 Å². The second-order valence-corrected chi connectivity index (χ2v) is 1.84. The van der Waals surface area contributed by atoms with Crippen molar-refractivity contribution >= 4 is 18.2 Å². The van der Waals surface area contributed by atoms with Crippen molar-refractivity contribution in [1.82, 2.24) is 9.97 Å². The van der Waals surface area contributed by atoms with Crippen LogP contribution >= 0.6 is 12.4 Å². The van der Waals surface area contributed by atoms with Crippen LogP contribution in [0.4, 0.5) is 0 Å². The van der Waals surface area contributed by atoms with Crippen molar-refractivity contribution in [2.45, 2.75) is 0 Å². The Morgan fingerprint density at radius 1 is 1.67 bits per heavy atom. The summed E-state index contributed by atoms with van der Waals surface area (Å²) in [6.45, 7) is 0. The zero-order chi connectivity index (χ0) is 8.27. The average molecular weight is 189 g/mol. The van der Waals surface area contributed by atoms with Gasteiger partial charge in [-0.25, -0.2) is 4.98 Å². The van der Waals surface area contributed by atoms with Crippen LogP contribution in [-0.2, 0) is 0 Å². The molecule has 6 heteroatoms. The van der Waals surface area contributed by atoms with Crippen molar-refractivity contribution < 1.29 is 4.74 Å². The third kappa shape index (κ3) is 2.35. The molecule has 0 atom stereocenters. The van der Waals surface area contributed by atoms with Gasteiger partial charge in [-0.15, -0.1) is 12.4 Å². The van der Waals surface area contributed by atoms with Crippen molar-refractivity contribution in [3.05, 3.63) is 18.1 Å². The molecule has 0 fully saturated rings. The summed E-state index contributed by atoms with van der Waals surface area (Å²) in [6, 6.07) is 1.59. The van der Waals surface area contributed by atoms with E-state index in [9.17, 15) is 0 Å². The van der Waals surface area contributed by atoms with E-state index in [1.165, 1.54) is 13.3 Å². The Balaban J connectivity index is 0.00000121. The number of halogens is 1. The van der Waals surface area contributed by atoms with Crippen LogP contribution in [0.25, 0.3) is 0 Å². The second kappa shape index (κ2) is 4.50. The molecule has 0 radical (unpaired) electrons. The standard InChI is InChI=1S/C6H8N4O.ClH/c1-11-4-2-3-9-6(10-4)5(7)8;/h2-3H,1H3,(H3,7,8);1H. The Bertz CT molecular complexity index is 278. The van der Waals surface area contributed by atoms with Gasteiger partial charge in [0, 0.05) is 12.3 Å². The summed E-state index contributed by atoms with van der Waals surface area (Å²) in [4.78, 5) is 7.55. The number of nitrogens with zero attached hydrogens (tertiary/aromatic N) is 2. The smallest absolute Gasteiger partial charge is 0.216 e. The molecule has 0 aliphatic rings. The fourth-order valence-corrected chi connectivity index (χ4v) is 0.586. The van der Waals surface area contributed by atoms with E-state index >= 15 is 0 Å². The number of hydrogen-bond donors (Lipinski definition) is 2. The zero-order valence-corrected chi connectivity index (χ0v) is 7.26. The number of methoxy groups -OCH3 is 1. The lowest BCUT2D eigenvalue weighted by molar-refractivity contribution is 0.396. The predicted octanol–water partition coefficient (Wildman–Crippen LogP) is 0.191. The number of hydrogen-bond acceptors (Lipinski definition) is 4. The summed E-state index contributed by atoms with van der Waals surface area (Å²) in [5, 5.41) is 7.00. The Hall–Kier alpha value is -1.36. The van der Waals surface area contributed by atoms with Crippen LogP contribution in [0.5, 0.6) is 5.88 Å². The highest BCUT2D eigenvalue weighted by atomic mass is 35.5. The first-order valence-electron chi connectivity index (χ1n) is 2.95. The number of nitrogen functional groups attached to an aromatic ring is 1. The van der Waals surface area contributed by atoms with Crippen molar-refractivity contribution in [1.29, 1.82) is 5.41 Å². The average Bonchev–Trinajstić information content (AvgIpc) is 2.05. The lowest BCUT2D eigenvalue weighted by Gasteiger charge is -1.98. The highest BCUT2D eigenvalue weighted by Gasteiger charge is 2.00. The van der Waals surface area contributed by atoms with Crippen LogP contribution < -0.4 is 10.5 Å². The number of aromatic nitrogens is 2. The zero-order valence-electron chi connectivity index (χ0n) is 6.44. The molecule has 0 amide bonds. The minimum absolute atomic E-state index is 0. The monoisotopic (exact) mass is 188 g/mol. The van der Waals surface area contributed by atoms with E-state index in [4.69, 9.17) is 15.9 Å². The van der Waals surface area contributed by atoms with Gasteiger partial charge in [-0.05, 0) is 0 Å². The van der Waals surface area contributed by atoms with Gasteiger partial charge < -0.3 is 10.5 Å². The third-order valence-corrected chi connectivity index (χ3v) is 1.08. The molecule has 0 bridgehead atoms. The van der Waals surface area contributed by atoms with Gasteiger partial charge in [0.25, 0.3) is 0 Å². The molecule has 1 aromatic rings. The van der Waals surface area contributed by atoms with Crippen molar-refractivity contribution in [3.8, 4) is 5.88 Å². The number of nitrogens with two attached hydrogens (primary N) is 1. The Kier molecular flexibility index (Phi) is 3.99. The molecule has 1 rings (SSSR count). The first-order valence-corrected chi connectivity index (χ1v) is 2.95. The third-order valence-electron chi connectivity index (χ3n) is 1.08. The molecule has 1 heterocycles. The van der Waals surface area contributed by atoms with Gasteiger partial charge in [-0.1, -0.05) is 0 Å². The fraction of sp³-hybridized carbons (Fsp3) is 0.167. The Morgan fingerprint density at radius 3 is 2.83 bits per heavy atom. The van der Waals surface area contributed by atoms with Gasteiger partial charge in [0.2, 0.25) is 5.88 Å². The highest BCUT2D eigenvalue weighted by Crippen LogP contribution is 2.02. The van der Waals surface area contributed by atoms with Crippen LogP contribution in [0.15, 0.2) is 12.3 Å².